The molecule has 0 fully saturated rings. The zero-order valence-electron chi connectivity index (χ0n) is 16.8. The minimum atomic E-state index is 0.231. The monoisotopic (exact) mass is 409 g/mol. The highest BCUT2D eigenvalue weighted by molar-refractivity contribution is 7.18. The first-order chi connectivity index (χ1) is 14.1. The van der Waals surface area contributed by atoms with Crippen LogP contribution in [0.15, 0.2) is 30.6 Å². The van der Waals surface area contributed by atoms with Gasteiger partial charge in [-0.3, -0.25) is 4.98 Å². The van der Waals surface area contributed by atoms with Crippen LogP contribution in [0.3, 0.4) is 0 Å². The van der Waals surface area contributed by atoms with Crippen LogP contribution in [0.4, 0.5) is 0 Å². The van der Waals surface area contributed by atoms with Crippen molar-refractivity contribution in [2.75, 3.05) is 13.2 Å². The fourth-order valence-corrected chi connectivity index (χ4v) is 4.03. The zero-order valence-corrected chi connectivity index (χ0v) is 17.6. The Hall–Kier alpha value is -2.71. The third kappa shape index (κ3) is 4.49. The predicted octanol–water partition coefficient (Wildman–Crippen LogP) is 4.35. The smallest absolute Gasteiger partial charge is 0.260 e. The van der Waals surface area contributed by atoms with Gasteiger partial charge in [0.05, 0.1) is 29.9 Å². The van der Waals surface area contributed by atoms with Crippen molar-refractivity contribution in [1.82, 2.24) is 25.1 Å². The summed E-state index contributed by atoms with van der Waals surface area (Å²) in [6.07, 6.45) is 7.59. The van der Waals surface area contributed by atoms with Gasteiger partial charge in [0.2, 0.25) is 0 Å². The molecule has 0 atom stereocenters. The van der Waals surface area contributed by atoms with Gasteiger partial charge in [-0.05, 0) is 44.9 Å². The van der Waals surface area contributed by atoms with Gasteiger partial charge in [0.15, 0.2) is 5.82 Å². The molecule has 0 saturated heterocycles. The number of pyridine rings is 1. The number of hydrogen-bond acceptors (Lipinski definition) is 8. The minimum absolute atomic E-state index is 0.231. The Kier molecular flexibility index (Phi) is 5.92. The SMILES string of the molecule is Cc1nc(-c2cccnc2)sc1-c1nnc2c(n1)/C(=C/CCOC(C)C)CCO2. The highest BCUT2D eigenvalue weighted by atomic mass is 32.1. The van der Waals surface area contributed by atoms with E-state index in [-0.39, 0.29) is 6.10 Å². The van der Waals surface area contributed by atoms with E-state index in [1.165, 1.54) is 0 Å². The summed E-state index contributed by atoms with van der Waals surface area (Å²) in [5, 5.41) is 9.48. The number of rotatable bonds is 6. The predicted molar refractivity (Wildman–Crippen MR) is 113 cm³/mol. The van der Waals surface area contributed by atoms with Crippen molar-refractivity contribution in [2.24, 2.45) is 0 Å². The van der Waals surface area contributed by atoms with Crippen molar-refractivity contribution >= 4 is 16.9 Å². The average molecular weight is 410 g/mol. The summed E-state index contributed by atoms with van der Waals surface area (Å²) in [5.74, 6) is 1.06. The van der Waals surface area contributed by atoms with E-state index in [1.807, 2.05) is 39.1 Å². The van der Waals surface area contributed by atoms with Crippen molar-refractivity contribution in [3.63, 3.8) is 0 Å². The fourth-order valence-electron chi connectivity index (χ4n) is 3.05. The van der Waals surface area contributed by atoms with Gasteiger partial charge in [-0.1, -0.05) is 6.08 Å². The Bertz CT molecular complexity index is 1020. The van der Waals surface area contributed by atoms with Crippen LogP contribution in [-0.4, -0.2) is 44.5 Å². The van der Waals surface area contributed by atoms with Gasteiger partial charge in [0.1, 0.15) is 10.7 Å². The number of thiazole rings is 1. The van der Waals surface area contributed by atoms with Crippen molar-refractivity contribution in [1.29, 1.82) is 0 Å². The van der Waals surface area contributed by atoms with Crippen LogP contribution in [0.2, 0.25) is 0 Å². The van der Waals surface area contributed by atoms with Crippen LogP contribution in [0.25, 0.3) is 26.8 Å². The molecule has 3 aromatic rings. The first kappa shape index (κ1) is 19.6. The fraction of sp³-hybridized carbons (Fsp3) is 0.381. The standard InChI is InChI=1S/C21H23N5O2S/c1-13(2)27-10-5-7-15-8-11-28-20-17(15)24-19(25-26-20)18-14(3)23-21(29-18)16-6-4-9-22-12-16/h4,6-7,9,12-13H,5,8,10-11H2,1-3H3/b15-7+. The highest BCUT2D eigenvalue weighted by Crippen LogP contribution is 2.35. The molecule has 0 amide bonds. The third-order valence-corrected chi connectivity index (χ3v) is 5.64. The normalized spacial score (nSPS) is 14.8. The Morgan fingerprint density at radius 2 is 2.17 bits per heavy atom. The molecule has 1 aliphatic heterocycles. The molecule has 7 nitrogen and oxygen atoms in total. The Morgan fingerprint density at radius 1 is 1.28 bits per heavy atom. The van der Waals surface area contributed by atoms with Gasteiger partial charge in [-0.2, -0.15) is 0 Å². The Labute approximate surface area is 173 Å². The number of nitrogens with zero attached hydrogens (tertiary/aromatic N) is 5. The van der Waals surface area contributed by atoms with E-state index in [1.54, 1.807) is 17.5 Å². The molecule has 0 unspecified atom stereocenters. The summed E-state index contributed by atoms with van der Waals surface area (Å²) in [6.45, 7) is 7.31. The van der Waals surface area contributed by atoms with E-state index in [4.69, 9.17) is 14.5 Å². The van der Waals surface area contributed by atoms with Crippen LogP contribution in [0.1, 0.15) is 38.1 Å². The maximum Gasteiger partial charge on any atom is 0.260 e. The second kappa shape index (κ2) is 8.75. The van der Waals surface area contributed by atoms with Gasteiger partial charge in [-0.25, -0.2) is 9.97 Å². The zero-order chi connectivity index (χ0) is 20.2. The van der Waals surface area contributed by atoms with Crippen LogP contribution in [0.5, 0.6) is 5.88 Å². The maximum atomic E-state index is 5.67. The average Bonchev–Trinajstić information content (AvgIpc) is 3.13. The summed E-state index contributed by atoms with van der Waals surface area (Å²) in [7, 11) is 0. The number of ether oxygens (including phenoxy) is 2. The Balaban J connectivity index is 1.63. The molecule has 0 aromatic carbocycles. The molecule has 1 aliphatic rings. The molecule has 0 N–H and O–H groups in total. The number of aromatic nitrogens is 5. The number of aryl methyl sites for hydroxylation is 1. The van der Waals surface area contributed by atoms with Gasteiger partial charge in [-0.15, -0.1) is 21.5 Å². The summed E-state index contributed by atoms with van der Waals surface area (Å²) < 4.78 is 11.3. The molecule has 0 radical (unpaired) electrons. The highest BCUT2D eigenvalue weighted by Gasteiger charge is 2.22. The molecular formula is C21H23N5O2S. The van der Waals surface area contributed by atoms with Crippen LogP contribution >= 0.6 is 11.3 Å². The number of fused-ring (bicyclic) bond motifs is 1. The lowest BCUT2D eigenvalue weighted by Gasteiger charge is -2.18. The van der Waals surface area contributed by atoms with E-state index < -0.39 is 0 Å². The van der Waals surface area contributed by atoms with E-state index in [0.29, 0.717) is 24.9 Å². The van der Waals surface area contributed by atoms with Crippen molar-refractivity contribution in [3.05, 3.63) is 42.0 Å². The molecule has 8 heteroatoms. The topological polar surface area (TPSA) is 82.9 Å². The van der Waals surface area contributed by atoms with E-state index in [2.05, 4.69) is 26.2 Å². The van der Waals surface area contributed by atoms with Crippen molar-refractivity contribution in [3.8, 4) is 27.2 Å². The van der Waals surface area contributed by atoms with E-state index in [0.717, 1.165) is 45.3 Å². The lowest BCUT2D eigenvalue weighted by molar-refractivity contribution is 0.0826. The maximum absolute atomic E-state index is 5.67. The summed E-state index contributed by atoms with van der Waals surface area (Å²) in [4.78, 5) is 14.6. The molecule has 0 saturated carbocycles. The molecule has 150 valence electrons. The van der Waals surface area contributed by atoms with Crippen molar-refractivity contribution in [2.45, 2.75) is 39.7 Å². The molecule has 0 spiro atoms. The summed E-state index contributed by atoms with van der Waals surface area (Å²) in [6, 6.07) is 3.90. The first-order valence-electron chi connectivity index (χ1n) is 9.68. The van der Waals surface area contributed by atoms with Crippen LogP contribution in [-0.2, 0) is 4.74 Å². The van der Waals surface area contributed by atoms with E-state index in [9.17, 15) is 0 Å². The van der Waals surface area contributed by atoms with Gasteiger partial charge >= 0.3 is 0 Å². The van der Waals surface area contributed by atoms with E-state index >= 15 is 0 Å². The minimum Gasteiger partial charge on any atom is -0.475 e. The third-order valence-electron chi connectivity index (χ3n) is 4.44. The van der Waals surface area contributed by atoms with Gasteiger partial charge < -0.3 is 9.47 Å². The van der Waals surface area contributed by atoms with Crippen molar-refractivity contribution < 1.29 is 9.47 Å². The second-order valence-corrected chi connectivity index (χ2v) is 8.00. The molecular weight excluding hydrogens is 386 g/mol. The lowest BCUT2D eigenvalue weighted by atomic mass is 10.1. The number of hydrogen-bond donors (Lipinski definition) is 0. The summed E-state index contributed by atoms with van der Waals surface area (Å²) in [5.41, 5.74) is 3.75. The van der Waals surface area contributed by atoms with Gasteiger partial charge in [0, 0.05) is 24.4 Å². The molecule has 4 heterocycles. The van der Waals surface area contributed by atoms with Crippen LogP contribution in [0, 0.1) is 6.92 Å². The van der Waals surface area contributed by atoms with Gasteiger partial charge in [0.25, 0.3) is 5.88 Å². The molecule has 0 bridgehead atoms. The first-order valence-corrected chi connectivity index (χ1v) is 10.5. The lowest BCUT2D eigenvalue weighted by Crippen LogP contribution is -2.13. The largest absolute Gasteiger partial charge is 0.475 e. The van der Waals surface area contributed by atoms with Crippen LogP contribution < -0.4 is 4.74 Å². The Morgan fingerprint density at radius 3 is 2.97 bits per heavy atom. The quantitative estimate of drug-likeness (QED) is 0.560. The summed E-state index contributed by atoms with van der Waals surface area (Å²) >= 11 is 1.55. The molecule has 29 heavy (non-hydrogen) atoms. The molecule has 4 rings (SSSR count). The molecule has 3 aromatic heterocycles. The second-order valence-electron chi connectivity index (χ2n) is 7.00. The molecule has 0 aliphatic carbocycles.